The summed E-state index contributed by atoms with van der Waals surface area (Å²) in [5.41, 5.74) is 4.04. The average molecular weight is 590 g/mol. The molecule has 1 fully saturated rings. The van der Waals surface area contributed by atoms with Gasteiger partial charge in [0.15, 0.2) is 0 Å². The van der Waals surface area contributed by atoms with Gasteiger partial charge in [-0.25, -0.2) is 23.7 Å². The monoisotopic (exact) mass is 589 g/mol. The summed E-state index contributed by atoms with van der Waals surface area (Å²) >= 11 is 0. The number of aromatic nitrogens is 4. The molecule has 43 heavy (non-hydrogen) atoms. The minimum absolute atomic E-state index is 0.0849. The Morgan fingerprint density at radius 3 is 2.35 bits per heavy atom. The van der Waals surface area contributed by atoms with Crippen LogP contribution >= 0.6 is 0 Å². The summed E-state index contributed by atoms with van der Waals surface area (Å²) in [5.74, 6) is 1.18. The van der Waals surface area contributed by atoms with Gasteiger partial charge in [0.2, 0.25) is 11.8 Å². The highest BCUT2D eigenvalue weighted by molar-refractivity contribution is 5.76. The van der Waals surface area contributed by atoms with Gasteiger partial charge in [0, 0.05) is 61.1 Å². The summed E-state index contributed by atoms with van der Waals surface area (Å²) in [4.78, 5) is 31.6. The van der Waals surface area contributed by atoms with Crippen LogP contribution in [-0.4, -0.2) is 62.2 Å². The molecule has 10 heteroatoms. The molecule has 0 spiro atoms. The van der Waals surface area contributed by atoms with Gasteiger partial charge in [0.1, 0.15) is 23.8 Å². The smallest absolute Gasteiger partial charge is 0.222 e. The topological polar surface area (TPSA) is 104 Å². The molecule has 226 valence electrons. The lowest BCUT2D eigenvalue weighted by Gasteiger charge is -2.32. The van der Waals surface area contributed by atoms with E-state index in [-0.39, 0.29) is 24.1 Å². The summed E-state index contributed by atoms with van der Waals surface area (Å²) in [5, 5.41) is 8.91. The van der Waals surface area contributed by atoms with E-state index in [9.17, 15) is 13.6 Å². The van der Waals surface area contributed by atoms with Crippen LogP contribution in [0, 0.1) is 17.6 Å². The average Bonchev–Trinajstić information content (AvgIpc) is 3.45. The van der Waals surface area contributed by atoms with Crippen LogP contribution in [0.3, 0.4) is 0 Å². The molecule has 1 amide bonds. The molecule has 1 saturated heterocycles. The number of nitrogens with one attached hydrogen (secondary N) is 1. The molecule has 5 rings (SSSR count). The number of hydrogen-bond acceptors (Lipinski definition) is 6. The number of H-pyrrole nitrogens is 1. The Balaban J connectivity index is 1.11. The molecular weight excluding hydrogens is 552 g/mol. The zero-order valence-electron chi connectivity index (χ0n) is 24.1. The Bertz CT molecular complexity index is 1470. The van der Waals surface area contributed by atoms with Crippen molar-refractivity contribution < 1.29 is 23.4 Å². The number of ether oxygens (including phenoxy) is 1. The van der Waals surface area contributed by atoms with Crippen LogP contribution in [0.25, 0.3) is 22.6 Å². The van der Waals surface area contributed by atoms with Crippen LogP contribution in [-0.2, 0) is 17.6 Å². The number of nitrogens with zero attached hydrogens (tertiary/aromatic N) is 4. The Labute approximate surface area is 250 Å². The largest absolute Gasteiger partial charge is 0.477 e. The maximum absolute atomic E-state index is 13.6. The van der Waals surface area contributed by atoms with Crippen LogP contribution in [0.5, 0.6) is 5.88 Å². The van der Waals surface area contributed by atoms with Gasteiger partial charge in [-0.1, -0.05) is 0 Å². The van der Waals surface area contributed by atoms with Crippen LogP contribution in [0.2, 0.25) is 0 Å². The van der Waals surface area contributed by atoms with E-state index in [1.165, 1.54) is 30.6 Å². The van der Waals surface area contributed by atoms with Crippen molar-refractivity contribution in [1.29, 1.82) is 0 Å². The molecule has 0 radical (unpaired) electrons. The van der Waals surface area contributed by atoms with E-state index in [4.69, 9.17) is 14.8 Å². The van der Waals surface area contributed by atoms with Crippen molar-refractivity contribution in [3.63, 3.8) is 0 Å². The summed E-state index contributed by atoms with van der Waals surface area (Å²) in [6.45, 7) is 2.01. The number of piperidine rings is 1. The highest BCUT2D eigenvalue weighted by Gasteiger charge is 2.23. The van der Waals surface area contributed by atoms with Gasteiger partial charge in [-0.2, -0.15) is 0 Å². The van der Waals surface area contributed by atoms with Crippen LogP contribution in [0.15, 0.2) is 60.9 Å². The molecule has 2 aromatic heterocycles. The van der Waals surface area contributed by atoms with Crippen molar-refractivity contribution in [2.24, 2.45) is 5.92 Å². The maximum Gasteiger partial charge on any atom is 0.222 e. The van der Waals surface area contributed by atoms with E-state index in [2.05, 4.69) is 15.0 Å². The molecule has 4 aromatic rings. The fourth-order valence-electron chi connectivity index (χ4n) is 5.41. The lowest BCUT2D eigenvalue weighted by Crippen LogP contribution is -2.38. The number of aromatic amines is 1. The van der Waals surface area contributed by atoms with Crippen molar-refractivity contribution in [2.45, 2.75) is 51.4 Å². The van der Waals surface area contributed by atoms with Gasteiger partial charge in [0.25, 0.3) is 0 Å². The second-order valence-electron chi connectivity index (χ2n) is 10.9. The van der Waals surface area contributed by atoms with Crippen LogP contribution < -0.4 is 4.74 Å². The fraction of sp³-hybridized carbons (Fsp3) is 0.394. The highest BCUT2D eigenvalue weighted by atomic mass is 19.1. The molecule has 3 heterocycles. The molecule has 1 aliphatic rings. The molecule has 8 nitrogen and oxygen atoms in total. The van der Waals surface area contributed by atoms with Gasteiger partial charge in [-0.3, -0.25) is 4.79 Å². The molecule has 0 aliphatic carbocycles. The predicted octanol–water partition coefficient (Wildman–Crippen LogP) is 5.77. The fourth-order valence-corrected chi connectivity index (χ4v) is 5.41. The minimum Gasteiger partial charge on any atom is -0.477 e. The van der Waals surface area contributed by atoms with Crippen LogP contribution in [0.1, 0.15) is 49.9 Å². The first-order chi connectivity index (χ1) is 21.0. The van der Waals surface area contributed by atoms with Crippen molar-refractivity contribution in [3.8, 4) is 28.5 Å². The summed E-state index contributed by atoms with van der Waals surface area (Å²) in [6.07, 6.45) is 7.52. The SMILES string of the molecule is O=C(CCCc1[nH]c(-c2ccc(F)cc2)nc1-c1ccc(F)cc1)N1CCC(CCc2cc(OCCCO)ncn2)CC1. The number of aliphatic hydroxyl groups is 1. The normalized spacial score (nSPS) is 13.8. The number of imidazole rings is 1. The Morgan fingerprint density at radius 2 is 1.65 bits per heavy atom. The van der Waals surface area contributed by atoms with Gasteiger partial charge in [-0.15, -0.1) is 0 Å². The van der Waals surface area contributed by atoms with Gasteiger partial charge in [-0.05, 0) is 93.0 Å². The number of carbonyl (C=O) groups excluding carboxylic acids is 1. The molecule has 2 N–H and O–H groups in total. The first-order valence-electron chi connectivity index (χ1n) is 14.9. The van der Waals surface area contributed by atoms with E-state index < -0.39 is 0 Å². The minimum atomic E-state index is -0.322. The molecule has 0 saturated carbocycles. The summed E-state index contributed by atoms with van der Waals surface area (Å²) < 4.78 is 32.6. The Kier molecular flexibility index (Phi) is 10.4. The van der Waals surface area contributed by atoms with Gasteiger partial charge < -0.3 is 19.7 Å². The number of aryl methyl sites for hydroxylation is 2. The second-order valence-corrected chi connectivity index (χ2v) is 10.9. The zero-order valence-corrected chi connectivity index (χ0v) is 24.1. The number of carbonyl (C=O) groups is 1. The molecule has 2 aromatic carbocycles. The lowest BCUT2D eigenvalue weighted by atomic mass is 9.91. The Morgan fingerprint density at radius 1 is 0.953 bits per heavy atom. The molecule has 1 aliphatic heterocycles. The van der Waals surface area contributed by atoms with E-state index in [1.807, 2.05) is 11.0 Å². The zero-order chi connectivity index (χ0) is 30.0. The number of rotatable bonds is 13. The summed E-state index contributed by atoms with van der Waals surface area (Å²) in [7, 11) is 0. The Hall–Kier alpha value is -4.18. The number of benzene rings is 2. The second kappa shape index (κ2) is 14.8. The number of likely N-dealkylation sites (tertiary alicyclic amines) is 1. The third-order valence-corrected chi connectivity index (χ3v) is 7.86. The van der Waals surface area contributed by atoms with E-state index in [0.29, 0.717) is 55.6 Å². The molecular formula is C33H37F2N5O3. The van der Waals surface area contributed by atoms with E-state index in [0.717, 1.165) is 61.3 Å². The molecule has 0 atom stereocenters. The highest BCUT2D eigenvalue weighted by Crippen LogP contribution is 2.28. The standard InChI is InChI=1S/C33H37F2N5O3/c34-26-10-6-24(7-11-26)32-29(38-33(39-32)25-8-12-27(35)13-9-25)3-1-4-31(42)40-17-15-23(16-18-40)5-14-28-21-30(37-22-36-28)43-20-2-19-41/h6-13,21-23,41H,1-5,14-20H2,(H,38,39). The van der Waals surface area contributed by atoms with Crippen molar-refractivity contribution >= 4 is 5.91 Å². The van der Waals surface area contributed by atoms with E-state index >= 15 is 0 Å². The van der Waals surface area contributed by atoms with E-state index in [1.54, 1.807) is 24.3 Å². The molecule has 0 bridgehead atoms. The van der Waals surface area contributed by atoms with Crippen molar-refractivity contribution in [2.75, 3.05) is 26.3 Å². The van der Waals surface area contributed by atoms with Crippen molar-refractivity contribution in [1.82, 2.24) is 24.8 Å². The van der Waals surface area contributed by atoms with Crippen molar-refractivity contribution in [3.05, 3.63) is 83.9 Å². The maximum atomic E-state index is 13.6. The number of hydrogen-bond donors (Lipinski definition) is 2. The van der Waals surface area contributed by atoms with Gasteiger partial charge in [0.05, 0.1) is 12.3 Å². The number of halogens is 2. The first-order valence-corrected chi connectivity index (χ1v) is 14.9. The predicted molar refractivity (Wildman–Crippen MR) is 159 cm³/mol. The summed E-state index contributed by atoms with van der Waals surface area (Å²) in [6, 6.07) is 14.2. The quantitative estimate of drug-likeness (QED) is 0.192. The third-order valence-electron chi connectivity index (χ3n) is 7.86. The molecule has 0 unspecified atom stereocenters. The van der Waals surface area contributed by atoms with Crippen LogP contribution in [0.4, 0.5) is 8.78 Å². The first kappa shape index (κ1) is 30.3. The third kappa shape index (κ3) is 8.44. The van der Waals surface area contributed by atoms with Gasteiger partial charge >= 0.3 is 0 Å². The number of amides is 1. The number of aliphatic hydroxyl groups excluding tert-OH is 1. The lowest BCUT2D eigenvalue weighted by molar-refractivity contribution is -0.132.